The molecule has 0 bridgehead atoms. The fourth-order valence-electron chi connectivity index (χ4n) is 1.06. The highest BCUT2D eigenvalue weighted by Gasteiger charge is 2.04. The second-order valence-corrected chi connectivity index (χ2v) is 3.75. The van der Waals surface area contributed by atoms with E-state index in [0.717, 1.165) is 13.0 Å². The van der Waals surface area contributed by atoms with Crippen LogP contribution >= 0.6 is 0 Å². The number of hydrogen-bond acceptors (Lipinski definition) is 4. The van der Waals surface area contributed by atoms with E-state index < -0.39 is 10.4 Å². The van der Waals surface area contributed by atoms with E-state index in [4.69, 9.17) is 0 Å². The van der Waals surface area contributed by atoms with Gasteiger partial charge < -0.3 is 8.74 Å². The molecule has 6 heteroatoms. The third kappa shape index (κ3) is 3.71. The Balaban J connectivity index is 2.83. The standard InChI is InChI=1S/C8H11NO4S/c1-2-5-9-6-3-4-8(7-9)13-14(10,11)12/h3-4,6-7H,2,5H2,1H3. The van der Waals surface area contributed by atoms with Crippen molar-refractivity contribution in [2.75, 3.05) is 0 Å². The van der Waals surface area contributed by atoms with Crippen molar-refractivity contribution in [3.05, 3.63) is 24.5 Å². The molecule has 0 aromatic carbocycles. The highest BCUT2D eigenvalue weighted by molar-refractivity contribution is 7.81. The number of rotatable bonds is 4. The predicted molar refractivity (Wildman–Crippen MR) is 47.3 cm³/mol. The zero-order chi connectivity index (χ0) is 10.6. The van der Waals surface area contributed by atoms with Crippen molar-refractivity contribution < 1.29 is 21.7 Å². The van der Waals surface area contributed by atoms with E-state index in [0.29, 0.717) is 0 Å². The van der Waals surface area contributed by atoms with Crippen LogP contribution in [0.1, 0.15) is 13.3 Å². The number of aromatic nitrogens is 1. The third-order valence-electron chi connectivity index (χ3n) is 1.51. The van der Waals surface area contributed by atoms with Gasteiger partial charge in [-0.2, -0.15) is 0 Å². The van der Waals surface area contributed by atoms with Crippen molar-refractivity contribution in [3.63, 3.8) is 0 Å². The quantitative estimate of drug-likeness (QED) is 0.411. The Labute approximate surface area is 82.9 Å². The third-order valence-corrected chi connectivity index (χ3v) is 1.91. The molecule has 0 aliphatic rings. The van der Waals surface area contributed by atoms with E-state index in [1.54, 1.807) is 16.8 Å². The SMILES string of the molecule is CCC[n+]1cccc(OS(=O)(=O)[O-])c1. The minimum atomic E-state index is -4.67. The van der Waals surface area contributed by atoms with Gasteiger partial charge in [-0.15, -0.1) is 0 Å². The Morgan fingerprint density at radius 2 is 2.29 bits per heavy atom. The molecule has 0 fully saturated rings. The molecule has 0 spiro atoms. The van der Waals surface area contributed by atoms with Crippen molar-refractivity contribution in [2.24, 2.45) is 0 Å². The molecule has 0 saturated carbocycles. The summed E-state index contributed by atoms with van der Waals surface area (Å²) in [5.41, 5.74) is 0. The molecular weight excluding hydrogens is 206 g/mol. The van der Waals surface area contributed by atoms with E-state index in [1.165, 1.54) is 12.3 Å². The molecule has 5 nitrogen and oxygen atoms in total. The lowest BCUT2D eigenvalue weighted by atomic mass is 10.4. The first-order valence-electron chi connectivity index (χ1n) is 4.15. The monoisotopic (exact) mass is 217 g/mol. The molecule has 0 aliphatic carbocycles. The lowest BCUT2D eigenvalue weighted by Gasteiger charge is -2.07. The topological polar surface area (TPSA) is 70.3 Å². The van der Waals surface area contributed by atoms with E-state index >= 15 is 0 Å². The van der Waals surface area contributed by atoms with Gasteiger partial charge in [0.1, 0.15) is 6.54 Å². The van der Waals surface area contributed by atoms with Gasteiger partial charge in [-0.1, -0.05) is 6.92 Å². The number of aryl methyl sites for hydroxylation is 1. The molecular formula is C8H11NO4S. The average molecular weight is 217 g/mol. The lowest BCUT2D eigenvalue weighted by Crippen LogP contribution is -2.32. The summed E-state index contributed by atoms with van der Waals surface area (Å²) >= 11 is 0. The van der Waals surface area contributed by atoms with Crippen LogP contribution in [-0.4, -0.2) is 13.0 Å². The van der Waals surface area contributed by atoms with E-state index in [2.05, 4.69) is 4.18 Å². The van der Waals surface area contributed by atoms with Crippen molar-refractivity contribution in [1.29, 1.82) is 0 Å². The van der Waals surface area contributed by atoms with E-state index in [1.807, 2.05) is 6.92 Å². The van der Waals surface area contributed by atoms with Gasteiger partial charge in [0.2, 0.25) is 11.9 Å². The Morgan fingerprint density at radius 3 is 2.86 bits per heavy atom. The lowest BCUT2D eigenvalue weighted by molar-refractivity contribution is -0.697. The smallest absolute Gasteiger partial charge is 0.262 e. The van der Waals surface area contributed by atoms with Gasteiger partial charge in [0.05, 0.1) is 0 Å². The Hall–Kier alpha value is -1.14. The Morgan fingerprint density at radius 1 is 1.57 bits per heavy atom. The first-order chi connectivity index (χ1) is 6.51. The van der Waals surface area contributed by atoms with Crippen LogP contribution in [0, 0.1) is 0 Å². The van der Waals surface area contributed by atoms with Crippen molar-refractivity contribution >= 4 is 10.4 Å². The molecule has 78 valence electrons. The van der Waals surface area contributed by atoms with Gasteiger partial charge in [-0.25, -0.2) is 13.0 Å². The first kappa shape index (κ1) is 10.9. The van der Waals surface area contributed by atoms with Gasteiger partial charge in [0, 0.05) is 12.5 Å². The van der Waals surface area contributed by atoms with E-state index in [9.17, 15) is 13.0 Å². The van der Waals surface area contributed by atoms with Crippen molar-refractivity contribution in [1.82, 2.24) is 0 Å². The molecule has 0 radical (unpaired) electrons. The van der Waals surface area contributed by atoms with E-state index in [-0.39, 0.29) is 5.75 Å². The van der Waals surface area contributed by atoms with Crippen LogP contribution in [0.5, 0.6) is 5.75 Å². The van der Waals surface area contributed by atoms with Crippen LogP contribution in [0.2, 0.25) is 0 Å². The van der Waals surface area contributed by atoms with Gasteiger partial charge in [-0.3, -0.25) is 0 Å². The minimum absolute atomic E-state index is 0.0379. The second-order valence-electron chi connectivity index (χ2n) is 2.77. The maximum absolute atomic E-state index is 10.3. The highest BCUT2D eigenvalue weighted by Crippen LogP contribution is 2.07. The summed E-state index contributed by atoms with van der Waals surface area (Å²) in [6.45, 7) is 2.74. The van der Waals surface area contributed by atoms with Crippen LogP contribution in [-0.2, 0) is 16.9 Å². The maximum atomic E-state index is 10.3. The van der Waals surface area contributed by atoms with Crippen LogP contribution in [0.25, 0.3) is 0 Å². The van der Waals surface area contributed by atoms with Crippen LogP contribution in [0.4, 0.5) is 0 Å². The molecule has 1 aromatic heterocycles. The minimum Gasteiger partial charge on any atom is -0.716 e. The molecule has 0 N–H and O–H groups in total. The summed E-state index contributed by atoms with van der Waals surface area (Å²) in [6.07, 6.45) is 4.16. The van der Waals surface area contributed by atoms with Gasteiger partial charge in [-0.05, 0) is 6.07 Å². The first-order valence-corrected chi connectivity index (χ1v) is 5.49. The molecule has 0 aliphatic heterocycles. The molecule has 0 atom stereocenters. The normalized spacial score (nSPS) is 11.3. The number of nitrogens with zero attached hydrogens (tertiary/aromatic N) is 1. The number of hydrogen-bond donors (Lipinski definition) is 0. The van der Waals surface area contributed by atoms with Gasteiger partial charge in [0.15, 0.2) is 6.20 Å². The summed E-state index contributed by atoms with van der Waals surface area (Å²) in [6, 6.07) is 3.04. The predicted octanol–water partition coefficient (Wildman–Crippen LogP) is 0.223. The molecule has 0 unspecified atom stereocenters. The molecule has 0 amide bonds. The second kappa shape index (κ2) is 4.39. The largest absolute Gasteiger partial charge is 0.716 e. The fourth-order valence-corrected chi connectivity index (χ4v) is 1.40. The van der Waals surface area contributed by atoms with Crippen molar-refractivity contribution in [3.8, 4) is 5.75 Å². The summed E-state index contributed by atoms with van der Waals surface area (Å²) in [4.78, 5) is 0. The van der Waals surface area contributed by atoms with Crippen LogP contribution in [0.15, 0.2) is 24.5 Å². The zero-order valence-electron chi connectivity index (χ0n) is 7.71. The van der Waals surface area contributed by atoms with Gasteiger partial charge >= 0.3 is 0 Å². The molecule has 14 heavy (non-hydrogen) atoms. The maximum Gasteiger partial charge on any atom is 0.262 e. The summed E-state index contributed by atoms with van der Waals surface area (Å²) in [5.74, 6) is 0.0379. The Bertz CT molecular complexity index is 402. The molecule has 1 aromatic rings. The van der Waals surface area contributed by atoms with Gasteiger partial charge in [0.25, 0.3) is 10.4 Å². The van der Waals surface area contributed by atoms with Crippen LogP contribution in [0.3, 0.4) is 0 Å². The number of pyridine rings is 1. The molecule has 0 saturated heterocycles. The average Bonchev–Trinajstić information content (AvgIpc) is 2.02. The molecule has 1 heterocycles. The summed E-state index contributed by atoms with van der Waals surface area (Å²) in [7, 11) is -4.67. The Kier molecular flexibility index (Phi) is 3.43. The highest BCUT2D eigenvalue weighted by atomic mass is 32.3. The summed E-state index contributed by atoms with van der Waals surface area (Å²) < 4.78 is 36.8. The van der Waals surface area contributed by atoms with Crippen molar-refractivity contribution in [2.45, 2.75) is 19.9 Å². The van der Waals surface area contributed by atoms with Crippen LogP contribution < -0.4 is 8.75 Å². The molecule has 1 rings (SSSR count). The summed E-state index contributed by atoms with van der Waals surface area (Å²) in [5, 5.41) is 0. The zero-order valence-corrected chi connectivity index (χ0v) is 8.53. The fraction of sp³-hybridized carbons (Fsp3) is 0.375.